The number of piperidine rings is 1. The van der Waals surface area contributed by atoms with E-state index in [2.05, 4.69) is 0 Å². The van der Waals surface area contributed by atoms with Gasteiger partial charge in [-0.1, -0.05) is 0 Å². The van der Waals surface area contributed by atoms with Crippen LogP contribution in [0, 0.1) is 11.8 Å². The van der Waals surface area contributed by atoms with Crippen LogP contribution in [-0.2, 0) is 14.3 Å². The number of nitrogens with zero attached hydrogens (tertiary/aromatic N) is 1. The molecule has 96 valence electrons. The number of fused-ring (bicyclic) bond motifs is 1. The number of esters is 1. The number of carbonyl (C=O) groups excluding carboxylic acids is 2. The van der Waals surface area contributed by atoms with E-state index >= 15 is 0 Å². The largest absolute Gasteiger partial charge is 0.465 e. The van der Waals surface area contributed by atoms with Crippen molar-refractivity contribution in [3.8, 4) is 0 Å². The summed E-state index contributed by atoms with van der Waals surface area (Å²) < 4.78 is 10.3. The topological polar surface area (TPSA) is 55.8 Å². The zero-order chi connectivity index (χ0) is 12.6. The molecule has 0 aromatic rings. The van der Waals surface area contributed by atoms with Crippen molar-refractivity contribution >= 4 is 12.1 Å². The Bertz CT molecular complexity index is 334. The Labute approximate surface area is 101 Å². The highest BCUT2D eigenvalue weighted by atomic mass is 16.6. The van der Waals surface area contributed by atoms with E-state index in [9.17, 15) is 9.59 Å². The average Bonchev–Trinajstić information content (AvgIpc) is 2.57. The van der Waals surface area contributed by atoms with Crippen molar-refractivity contribution in [1.82, 2.24) is 4.90 Å². The van der Waals surface area contributed by atoms with Gasteiger partial charge in [0.15, 0.2) is 0 Å². The molecule has 0 spiro atoms. The summed E-state index contributed by atoms with van der Waals surface area (Å²) in [4.78, 5) is 24.9. The van der Waals surface area contributed by atoms with E-state index in [1.165, 1.54) is 0 Å². The van der Waals surface area contributed by atoms with Crippen LogP contribution in [0.1, 0.15) is 27.2 Å². The van der Waals surface area contributed by atoms with Crippen LogP contribution in [0.4, 0.5) is 4.79 Å². The monoisotopic (exact) mass is 241 g/mol. The maximum Gasteiger partial charge on any atom is 0.410 e. The summed E-state index contributed by atoms with van der Waals surface area (Å²) in [7, 11) is 0. The summed E-state index contributed by atoms with van der Waals surface area (Å²) in [6.45, 7) is 7.11. The van der Waals surface area contributed by atoms with Gasteiger partial charge in [0.2, 0.25) is 0 Å². The Morgan fingerprint density at radius 3 is 2.82 bits per heavy atom. The molecule has 0 bridgehead atoms. The number of cyclic esters (lactones) is 1. The van der Waals surface area contributed by atoms with Crippen LogP contribution in [-0.4, -0.2) is 42.3 Å². The molecule has 1 amide bonds. The first-order valence-corrected chi connectivity index (χ1v) is 6.01. The van der Waals surface area contributed by atoms with E-state index in [4.69, 9.17) is 9.47 Å². The Kier molecular flexibility index (Phi) is 3.02. The van der Waals surface area contributed by atoms with E-state index in [0.29, 0.717) is 26.1 Å². The summed E-state index contributed by atoms with van der Waals surface area (Å²) >= 11 is 0. The van der Waals surface area contributed by atoms with Gasteiger partial charge in [-0.05, 0) is 27.2 Å². The van der Waals surface area contributed by atoms with E-state index in [-0.39, 0.29) is 23.9 Å². The number of hydrogen-bond acceptors (Lipinski definition) is 4. The molecule has 5 nitrogen and oxygen atoms in total. The molecule has 0 saturated carbocycles. The third-order valence-electron chi connectivity index (χ3n) is 3.13. The average molecular weight is 241 g/mol. The van der Waals surface area contributed by atoms with Crippen LogP contribution in [0.15, 0.2) is 0 Å². The molecule has 0 aromatic carbocycles. The maximum atomic E-state index is 11.9. The molecule has 0 N–H and O–H groups in total. The quantitative estimate of drug-likeness (QED) is 0.602. The fraction of sp³-hybridized carbons (Fsp3) is 0.833. The number of ether oxygens (including phenoxy) is 2. The fourth-order valence-electron chi connectivity index (χ4n) is 2.30. The van der Waals surface area contributed by atoms with Gasteiger partial charge in [0.05, 0.1) is 12.5 Å². The first-order chi connectivity index (χ1) is 7.87. The summed E-state index contributed by atoms with van der Waals surface area (Å²) in [5, 5.41) is 0. The zero-order valence-electron chi connectivity index (χ0n) is 10.6. The van der Waals surface area contributed by atoms with Gasteiger partial charge in [0.25, 0.3) is 0 Å². The van der Waals surface area contributed by atoms with E-state index in [1.807, 2.05) is 20.8 Å². The SMILES string of the molecule is CC(C)(C)OC(=O)N1CCC2C(=O)OCC2C1. The Morgan fingerprint density at radius 1 is 1.47 bits per heavy atom. The number of carbonyl (C=O) groups is 2. The molecular formula is C12H19NO4. The summed E-state index contributed by atoms with van der Waals surface area (Å²) in [6, 6.07) is 0. The second-order valence-corrected chi connectivity index (χ2v) is 5.71. The highest BCUT2D eigenvalue weighted by Gasteiger charge is 2.42. The summed E-state index contributed by atoms with van der Waals surface area (Å²) in [6.07, 6.45) is 0.387. The minimum atomic E-state index is -0.476. The molecule has 5 heteroatoms. The van der Waals surface area contributed by atoms with Gasteiger partial charge in [-0.2, -0.15) is 0 Å². The lowest BCUT2D eigenvalue weighted by Gasteiger charge is -2.33. The van der Waals surface area contributed by atoms with Crippen molar-refractivity contribution in [3.63, 3.8) is 0 Å². The van der Waals surface area contributed by atoms with Crippen LogP contribution in [0.2, 0.25) is 0 Å². The number of rotatable bonds is 0. The van der Waals surface area contributed by atoms with E-state index in [1.54, 1.807) is 4.90 Å². The molecule has 2 rings (SSSR count). The van der Waals surface area contributed by atoms with E-state index < -0.39 is 5.60 Å². The van der Waals surface area contributed by atoms with Crippen molar-refractivity contribution in [3.05, 3.63) is 0 Å². The van der Waals surface area contributed by atoms with Crippen molar-refractivity contribution in [2.24, 2.45) is 11.8 Å². The second kappa shape index (κ2) is 4.20. The molecule has 2 unspecified atom stereocenters. The van der Waals surface area contributed by atoms with Gasteiger partial charge in [-0.3, -0.25) is 4.79 Å². The second-order valence-electron chi connectivity index (χ2n) is 5.71. The van der Waals surface area contributed by atoms with Crippen LogP contribution in [0.5, 0.6) is 0 Å². The van der Waals surface area contributed by atoms with Gasteiger partial charge >= 0.3 is 12.1 Å². The predicted octanol–water partition coefficient (Wildman–Crippen LogP) is 1.42. The van der Waals surface area contributed by atoms with Crippen molar-refractivity contribution in [1.29, 1.82) is 0 Å². The van der Waals surface area contributed by atoms with Crippen molar-refractivity contribution < 1.29 is 19.1 Å². The Balaban J connectivity index is 1.93. The highest BCUT2D eigenvalue weighted by molar-refractivity contribution is 5.76. The Morgan fingerprint density at radius 2 is 2.18 bits per heavy atom. The normalized spacial score (nSPS) is 28.6. The lowest BCUT2D eigenvalue weighted by molar-refractivity contribution is -0.141. The van der Waals surface area contributed by atoms with Crippen LogP contribution in [0.25, 0.3) is 0 Å². The standard InChI is InChI=1S/C12H19NO4/c1-12(2,3)17-11(15)13-5-4-9-8(6-13)7-16-10(9)14/h8-9H,4-7H2,1-3H3. The predicted molar refractivity (Wildman–Crippen MR) is 60.4 cm³/mol. The first-order valence-electron chi connectivity index (χ1n) is 6.01. The summed E-state index contributed by atoms with van der Waals surface area (Å²) in [5.74, 6) is 0.0105. The number of likely N-dealkylation sites (tertiary alicyclic amines) is 1. The number of amides is 1. The molecule has 0 aromatic heterocycles. The molecule has 2 aliphatic heterocycles. The minimum Gasteiger partial charge on any atom is -0.465 e. The van der Waals surface area contributed by atoms with Crippen LogP contribution in [0.3, 0.4) is 0 Å². The van der Waals surface area contributed by atoms with Gasteiger partial charge in [-0.15, -0.1) is 0 Å². The zero-order valence-corrected chi connectivity index (χ0v) is 10.6. The number of hydrogen-bond donors (Lipinski definition) is 0. The molecular weight excluding hydrogens is 222 g/mol. The van der Waals surface area contributed by atoms with Crippen molar-refractivity contribution in [2.75, 3.05) is 19.7 Å². The summed E-state index contributed by atoms with van der Waals surface area (Å²) in [5.41, 5.74) is -0.476. The van der Waals surface area contributed by atoms with Gasteiger partial charge in [-0.25, -0.2) is 4.79 Å². The molecule has 2 saturated heterocycles. The fourth-order valence-corrected chi connectivity index (χ4v) is 2.30. The van der Waals surface area contributed by atoms with Crippen molar-refractivity contribution in [2.45, 2.75) is 32.8 Å². The molecule has 2 heterocycles. The molecule has 17 heavy (non-hydrogen) atoms. The highest BCUT2D eigenvalue weighted by Crippen LogP contribution is 2.30. The van der Waals surface area contributed by atoms with Gasteiger partial charge < -0.3 is 14.4 Å². The maximum absolute atomic E-state index is 11.9. The van der Waals surface area contributed by atoms with E-state index in [0.717, 1.165) is 0 Å². The minimum absolute atomic E-state index is 0.0197. The smallest absolute Gasteiger partial charge is 0.410 e. The molecule has 0 radical (unpaired) electrons. The van der Waals surface area contributed by atoms with Crippen LogP contribution >= 0.6 is 0 Å². The van der Waals surface area contributed by atoms with Gasteiger partial charge in [0.1, 0.15) is 5.60 Å². The lowest BCUT2D eigenvalue weighted by Crippen LogP contribution is -2.46. The third kappa shape index (κ3) is 2.70. The van der Waals surface area contributed by atoms with Gasteiger partial charge in [0, 0.05) is 19.0 Å². The molecule has 2 fully saturated rings. The molecule has 2 aliphatic rings. The molecule has 2 atom stereocenters. The van der Waals surface area contributed by atoms with Crippen LogP contribution < -0.4 is 0 Å². The molecule has 0 aliphatic carbocycles. The first kappa shape index (κ1) is 12.2. The lowest BCUT2D eigenvalue weighted by atomic mass is 9.88. The Hall–Kier alpha value is -1.26. The third-order valence-corrected chi connectivity index (χ3v) is 3.13.